The van der Waals surface area contributed by atoms with Gasteiger partial charge in [-0.15, -0.1) is 0 Å². The maximum absolute atomic E-state index is 12.1. The lowest BCUT2D eigenvalue weighted by Crippen LogP contribution is -2.30. The summed E-state index contributed by atoms with van der Waals surface area (Å²) >= 11 is 0. The third-order valence-electron chi connectivity index (χ3n) is 3.90. The number of nitrogens with one attached hydrogen (secondary N) is 1. The fraction of sp³-hybridized carbons (Fsp3) is 0.400. The molecule has 2 atom stereocenters. The van der Waals surface area contributed by atoms with E-state index in [1.807, 2.05) is 24.3 Å². The topological polar surface area (TPSA) is 85.8 Å². The fourth-order valence-electron chi connectivity index (χ4n) is 2.74. The third-order valence-corrected chi connectivity index (χ3v) is 3.90. The van der Waals surface area contributed by atoms with Crippen molar-refractivity contribution < 1.29 is 4.79 Å². The molecule has 0 bridgehead atoms. The molecular formula is C15H19N5O. The van der Waals surface area contributed by atoms with E-state index in [9.17, 15) is 4.79 Å². The molecule has 2 unspecified atom stereocenters. The van der Waals surface area contributed by atoms with Crippen LogP contribution in [0.3, 0.4) is 0 Å². The third kappa shape index (κ3) is 3.28. The highest BCUT2D eigenvalue weighted by molar-refractivity contribution is 5.79. The zero-order valence-corrected chi connectivity index (χ0v) is 11.8. The van der Waals surface area contributed by atoms with Crippen LogP contribution in [0.25, 0.3) is 5.69 Å². The number of nitrogens with two attached hydrogens (primary N) is 1. The first-order valence-corrected chi connectivity index (χ1v) is 7.19. The van der Waals surface area contributed by atoms with E-state index >= 15 is 0 Å². The maximum Gasteiger partial charge on any atom is 0.223 e. The van der Waals surface area contributed by atoms with E-state index in [4.69, 9.17) is 5.73 Å². The average Bonchev–Trinajstić information content (AvgIpc) is 3.16. The molecule has 1 fully saturated rings. The van der Waals surface area contributed by atoms with Gasteiger partial charge in [-0.2, -0.15) is 5.10 Å². The summed E-state index contributed by atoms with van der Waals surface area (Å²) in [6.45, 7) is 0.521. The Labute approximate surface area is 123 Å². The van der Waals surface area contributed by atoms with E-state index in [0.717, 1.165) is 30.5 Å². The highest BCUT2D eigenvalue weighted by atomic mass is 16.1. The Balaban J connectivity index is 1.60. The summed E-state index contributed by atoms with van der Waals surface area (Å²) in [6, 6.07) is 8.06. The summed E-state index contributed by atoms with van der Waals surface area (Å²) in [6.07, 6.45) is 5.78. The molecule has 1 aliphatic carbocycles. The lowest BCUT2D eigenvalue weighted by molar-refractivity contribution is -0.125. The number of nitrogens with zero attached hydrogens (tertiary/aromatic N) is 3. The summed E-state index contributed by atoms with van der Waals surface area (Å²) < 4.78 is 1.70. The van der Waals surface area contributed by atoms with Gasteiger partial charge in [0, 0.05) is 18.5 Å². The second-order valence-electron chi connectivity index (χ2n) is 5.50. The van der Waals surface area contributed by atoms with Gasteiger partial charge in [-0.1, -0.05) is 12.1 Å². The Bertz CT molecular complexity index is 610. The van der Waals surface area contributed by atoms with Gasteiger partial charge in [0.25, 0.3) is 0 Å². The number of hydrogen-bond acceptors (Lipinski definition) is 4. The first-order chi connectivity index (χ1) is 10.2. The molecule has 1 aromatic heterocycles. The Morgan fingerprint density at radius 3 is 3.05 bits per heavy atom. The standard InChI is InChI=1S/C15H19N5O/c16-13-5-4-12(7-13)15(21)18-8-11-2-1-3-14(6-11)20-10-17-9-19-20/h1-3,6,9-10,12-13H,4-5,7-8,16H2,(H,18,21). The zero-order chi connectivity index (χ0) is 14.7. The number of carbonyl (C=O) groups excluding carboxylic acids is 1. The molecule has 0 spiro atoms. The Kier molecular flexibility index (Phi) is 3.96. The summed E-state index contributed by atoms with van der Waals surface area (Å²) in [5.41, 5.74) is 7.82. The van der Waals surface area contributed by atoms with Gasteiger partial charge in [0.15, 0.2) is 0 Å². The molecule has 6 heteroatoms. The van der Waals surface area contributed by atoms with E-state index in [-0.39, 0.29) is 17.9 Å². The second kappa shape index (κ2) is 6.05. The van der Waals surface area contributed by atoms with Crippen LogP contribution in [-0.4, -0.2) is 26.7 Å². The van der Waals surface area contributed by atoms with Gasteiger partial charge in [0.2, 0.25) is 5.91 Å². The van der Waals surface area contributed by atoms with Crippen LogP contribution in [-0.2, 0) is 11.3 Å². The molecule has 0 saturated heterocycles. The van der Waals surface area contributed by atoms with Gasteiger partial charge in [0.05, 0.1) is 5.69 Å². The number of aromatic nitrogens is 3. The van der Waals surface area contributed by atoms with Crippen LogP contribution in [0.4, 0.5) is 0 Å². The van der Waals surface area contributed by atoms with Crippen LogP contribution >= 0.6 is 0 Å². The summed E-state index contributed by atoms with van der Waals surface area (Å²) in [5, 5.41) is 7.09. The summed E-state index contributed by atoms with van der Waals surface area (Å²) in [5.74, 6) is 0.174. The minimum atomic E-state index is 0.0681. The minimum absolute atomic E-state index is 0.0681. The first kappa shape index (κ1) is 13.8. The molecule has 3 N–H and O–H groups in total. The van der Waals surface area contributed by atoms with Gasteiger partial charge in [0.1, 0.15) is 12.7 Å². The van der Waals surface area contributed by atoms with Gasteiger partial charge in [-0.05, 0) is 37.0 Å². The summed E-state index contributed by atoms with van der Waals surface area (Å²) in [7, 11) is 0. The highest BCUT2D eigenvalue weighted by Crippen LogP contribution is 2.24. The molecule has 21 heavy (non-hydrogen) atoms. The summed E-state index contributed by atoms with van der Waals surface area (Å²) in [4.78, 5) is 16.0. The van der Waals surface area contributed by atoms with Crippen LogP contribution in [0.15, 0.2) is 36.9 Å². The molecule has 1 saturated carbocycles. The van der Waals surface area contributed by atoms with Crippen molar-refractivity contribution in [2.45, 2.75) is 31.8 Å². The highest BCUT2D eigenvalue weighted by Gasteiger charge is 2.27. The number of benzene rings is 1. The molecule has 1 heterocycles. The number of amides is 1. The molecule has 0 aliphatic heterocycles. The van der Waals surface area contributed by atoms with E-state index in [2.05, 4.69) is 15.4 Å². The van der Waals surface area contributed by atoms with E-state index in [1.165, 1.54) is 6.33 Å². The molecule has 1 aromatic carbocycles. The Morgan fingerprint density at radius 2 is 2.33 bits per heavy atom. The van der Waals surface area contributed by atoms with Crippen molar-refractivity contribution in [3.63, 3.8) is 0 Å². The normalized spacial score (nSPS) is 21.4. The lowest BCUT2D eigenvalue weighted by Gasteiger charge is -2.11. The second-order valence-corrected chi connectivity index (χ2v) is 5.50. The van der Waals surface area contributed by atoms with Crippen LogP contribution < -0.4 is 11.1 Å². The SMILES string of the molecule is NC1CCC(C(=O)NCc2cccc(-n3cncn3)c2)C1. The van der Waals surface area contributed by atoms with Crippen molar-refractivity contribution in [2.24, 2.45) is 11.7 Å². The zero-order valence-electron chi connectivity index (χ0n) is 11.8. The predicted octanol–water partition coefficient (Wildman–Crippen LogP) is 1.01. The van der Waals surface area contributed by atoms with E-state index in [1.54, 1.807) is 11.0 Å². The van der Waals surface area contributed by atoms with Crippen molar-refractivity contribution >= 4 is 5.91 Å². The van der Waals surface area contributed by atoms with Crippen LogP contribution in [0, 0.1) is 5.92 Å². The van der Waals surface area contributed by atoms with E-state index in [0.29, 0.717) is 6.54 Å². The first-order valence-electron chi connectivity index (χ1n) is 7.19. The molecular weight excluding hydrogens is 266 g/mol. The van der Waals surface area contributed by atoms with Crippen LogP contribution in [0.5, 0.6) is 0 Å². The van der Waals surface area contributed by atoms with Crippen molar-refractivity contribution in [2.75, 3.05) is 0 Å². The lowest BCUT2D eigenvalue weighted by atomic mass is 10.1. The molecule has 110 valence electrons. The molecule has 2 aromatic rings. The monoisotopic (exact) mass is 285 g/mol. The number of hydrogen-bond donors (Lipinski definition) is 2. The quantitative estimate of drug-likeness (QED) is 0.878. The fourth-order valence-corrected chi connectivity index (χ4v) is 2.74. The smallest absolute Gasteiger partial charge is 0.223 e. The molecule has 6 nitrogen and oxygen atoms in total. The molecule has 1 aliphatic rings. The van der Waals surface area contributed by atoms with Crippen LogP contribution in [0.2, 0.25) is 0 Å². The molecule has 0 radical (unpaired) electrons. The largest absolute Gasteiger partial charge is 0.352 e. The molecule has 1 amide bonds. The van der Waals surface area contributed by atoms with Crippen molar-refractivity contribution in [1.82, 2.24) is 20.1 Å². The van der Waals surface area contributed by atoms with Gasteiger partial charge in [-0.3, -0.25) is 4.79 Å². The van der Waals surface area contributed by atoms with Gasteiger partial charge < -0.3 is 11.1 Å². The number of rotatable bonds is 4. The predicted molar refractivity (Wildman–Crippen MR) is 78.5 cm³/mol. The Hall–Kier alpha value is -2.21. The minimum Gasteiger partial charge on any atom is -0.352 e. The van der Waals surface area contributed by atoms with Crippen molar-refractivity contribution in [3.8, 4) is 5.69 Å². The van der Waals surface area contributed by atoms with Gasteiger partial charge in [-0.25, -0.2) is 9.67 Å². The van der Waals surface area contributed by atoms with E-state index < -0.39 is 0 Å². The van der Waals surface area contributed by atoms with Crippen molar-refractivity contribution in [3.05, 3.63) is 42.5 Å². The Morgan fingerprint density at radius 1 is 1.43 bits per heavy atom. The average molecular weight is 285 g/mol. The van der Waals surface area contributed by atoms with Gasteiger partial charge >= 0.3 is 0 Å². The van der Waals surface area contributed by atoms with Crippen molar-refractivity contribution in [1.29, 1.82) is 0 Å². The van der Waals surface area contributed by atoms with Crippen LogP contribution in [0.1, 0.15) is 24.8 Å². The number of carbonyl (C=O) groups is 1. The maximum atomic E-state index is 12.1. The molecule has 3 rings (SSSR count).